The Bertz CT molecular complexity index is 704. The van der Waals surface area contributed by atoms with Crippen molar-refractivity contribution in [2.24, 2.45) is 0 Å². The molecule has 1 unspecified atom stereocenters. The fourth-order valence-electron chi connectivity index (χ4n) is 2.67. The number of hydrogen-bond acceptors (Lipinski definition) is 5. The molecular weight excluding hydrogens is 342 g/mol. The number of benzene rings is 1. The summed E-state index contributed by atoms with van der Waals surface area (Å²) >= 11 is 0. The zero-order chi connectivity index (χ0) is 17.0. The van der Waals surface area contributed by atoms with Crippen molar-refractivity contribution in [3.8, 4) is 0 Å². The van der Waals surface area contributed by atoms with Crippen LogP contribution in [0.25, 0.3) is 0 Å². The van der Waals surface area contributed by atoms with Gasteiger partial charge in [0.25, 0.3) is 15.0 Å². The second kappa shape index (κ2) is 7.31. The number of hydrogen-bond donors (Lipinski definition) is 0. The van der Waals surface area contributed by atoms with Crippen LogP contribution in [0, 0.1) is 0 Å². The zero-order valence-corrected chi connectivity index (χ0v) is 14.3. The molecule has 6 nitrogen and oxygen atoms in total. The van der Waals surface area contributed by atoms with Gasteiger partial charge in [0.2, 0.25) is 0 Å². The summed E-state index contributed by atoms with van der Waals surface area (Å²) in [4.78, 5) is 26.0. The summed E-state index contributed by atoms with van der Waals surface area (Å²) in [5, 5.41) is 0. The summed E-state index contributed by atoms with van der Waals surface area (Å²) in [6, 6.07) is 5.03. The van der Waals surface area contributed by atoms with Crippen molar-refractivity contribution in [1.82, 2.24) is 4.90 Å². The van der Waals surface area contributed by atoms with Crippen molar-refractivity contribution >= 4 is 31.6 Å². The molecule has 23 heavy (non-hydrogen) atoms. The first-order valence-corrected chi connectivity index (χ1v) is 9.68. The van der Waals surface area contributed by atoms with Gasteiger partial charge in [0, 0.05) is 17.2 Å². The smallest absolute Gasteiger partial charge is 0.328 e. The number of nitrogens with zero attached hydrogens (tertiary/aromatic N) is 1. The molecule has 1 aromatic rings. The number of ether oxygens (including phenoxy) is 1. The largest absolute Gasteiger partial charge is 0.464 e. The second-order valence-corrected chi connectivity index (χ2v) is 7.73. The van der Waals surface area contributed by atoms with Crippen LogP contribution in [-0.4, -0.2) is 44.4 Å². The van der Waals surface area contributed by atoms with Gasteiger partial charge in [-0.2, -0.15) is 0 Å². The summed E-state index contributed by atoms with van der Waals surface area (Å²) in [7, 11) is 1.35. The molecule has 1 aromatic carbocycles. The molecule has 126 valence electrons. The molecule has 0 radical (unpaired) electrons. The van der Waals surface area contributed by atoms with Gasteiger partial charge in [-0.05, 0) is 38.3 Å². The molecule has 1 saturated heterocycles. The topological polar surface area (TPSA) is 80.8 Å². The summed E-state index contributed by atoms with van der Waals surface area (Å²) < 4.78 is 28.3. The van der Waals surface area contributed by atoms with Crippen molar-refractivity contribution in [3.63, 3.8) is 0 Å². The zero-order valence-electron chi connectivity index (χ0n) is 12.7. The molecule has 2 rings (SSSR count). The van der Waals surface area contributed by atoms with Gasteiger partial charge >= 0.3 is 5.97 Å². The number of piperidine rings is 1. The van der Waals surface area contributed by atoms with Gasteiger partial charge in [-0.25, -0.2) is 13.2 Å². The van der Waals surface area contributed by atoms with Crippen LogP contribution in [0.5, 0.6) is 0 Å². The van der Waals surface area contributed by atoms with Crippen molar-refractivity contribution in [2.45, 2.75) is 37.1 Å². The average Bonchev–Trinajstić information content (AvgIpc) is 2.53. The lowest BCUT2D eigenvalue weighted by molar-refractivity contribution is -0.149. The molecule has 0 N–H and O–H groups in total. The van der Waals surface area contributed by atoms with E-state index in [-0.39, 0.29) is 17.1 Å². The van der Waals surface area contributed by atoms with E-state index in [1.165, 1.54) is 23.1 Å². The minimum Gasteiger partial charge on any atom is -0.464 e. The first kappa shape index (κ1) is 17.7. The lowest BCUT2D eigenvalue weighted by Gasteiger charge is -2.34. The molecule has 0 spiro atoms. The molecule has 1 heterocycles. The average molecular weight is 360 g/mol. The predicted molar refractivity (Wildman–Crippen MR) is 84.8 cm³/mol. The Morgan fingerprint density at radius 3 is 2.65 bits per heavy atom. The van der Waals surface area contributed by atoms with Crippen LogP contribution >= 0.6 is 10.7 Å². The van der Waals surface area contributed by atoms with E-state index in [2.05, 4.69) is 0 Å². The van der Waals surface area contributed by atoms with E-state index in [4.69, 9.17) is 15.4 Å². The van der Waals surface area contributed by atoms with Crippen molar-refractivity contribution in [1.29, 1.82) is 0 Å². The molecule has 1 fully saturated rings. The predicted octanol–water partition coefficient (Wildman–Crippen LogP) is 2.17. The molecule has 0 aliphatic carbocycles. The van der Waals surface area contributed by atoms with Crippen LogP contribution < -0.4 is 0 Å². The monoisotopic (exact) mass is 359 g/mol. The SMILES string of the molecule is CCOC(=O)C1CCCCN1C(=O)c1ccccc1S(=O)(=O)Cl. The van der Waals surface area contributed by atoms with Gasteiger partial charge < -0.3 is 9.64 Å². The van der Waals surface area contributed by atoms with Crippen LogP contribution in [0.4, 0.5) is 0 Å². The van der Waals surface area contributed by atoms with Crippen LogP contribution in [0.3, 0.4) is 0 Å². The van der Waals surface area contributed by atoms with Crippen LogP contribution in [0.15, 0.2) is 29.2 Å². The van der Waals surface area contributed by atoms with Gasteiger partial charge in [-0.15, -0.1) is 0 Å². The normalized spacial score (nSPS) is 18.5. The standard InChI is InChI=1S/C15H18ClNO5S/c1-2-22-15(19)12-8-5-6-10-17(12)14(18)11-7-3-4-9-13(11)23(16,20)21/h3-4,7,9,12H,2,5-6,8,10H2,1H3. The molecule has 1 aliphatic heterocycles. The van der Waals surface area contributed by atoms with Crippen LogP contribution in [0.1, 0.15) is 36.5 Å². The first-order chi connectivity index (χ1) is 10.9. The van der Waals surface area contributed by atoms with E-state index in [1.807, 2.05) is 0 Å². The van der Waals surface area contributed by atoms with E-state index in [0.29, 0.717) is 13.0 Å². The van der Waals surface area contributed by atoms with Gasteiger partial charge in [-0.3, -0.25) is 4.79 Å². The van der Waals surface area contributed by atoms with Gasteiger partial charge in [-0.1, -0.05) is 12.1 Å². The van der Waals surface area contributed by atoms with Gasteiger partial charge in [0.15, 0.2) is 0 Å². The number of halogens is 1. The van der Waals surface area contributed by atoms with E-state index in [0.717, 1.165) is 12.8 Å². The number of carbonyl (C=O) groups excluding carboxylic acids is 2. The van der Waals surface area contributed by atoms with E-state index >= 15 is 0 Å². The molecule has 0 bridgehead atoms. The van der Waals surface area contributed by atoms with Crippen molar-refractivity contribution in [2.75, 3.05) is 13.2 Å². The van der Waals surface area contributed by atoms with Crippen LogP contribution in [-0.2, 0) is 18.6 Å². The lowest BCUT2D eigenvalue weighted by Crippen LogP contribution is -2.48. The Morgan fingerprint density at radius 1 is 1.30 bits per heavy atom. The Morgan fingerprint density at radius 2 is 2.00 bits per heavy atom. The maximum atomic E-state index is 12.8. The number of amides is 1. The van der Waals surface area contributed by atoms with Gasteiger partial charge in [0.1, 0.15) is 6.04 Å². The molecule has 0 aromatic heterocycles. The third-order valence-corrected chi connectivity index (χ3v) is 5.08. The summed E-state index contributed by atoms with van der Waals surface area (Å²) in [5.74, 6) is -0.991. The maximum Gasteiger partial charge on any atom is 0.328 e. The minimum atomic E-state index is -4.06. The quantitative estimate of drug-likeness (QED) is 0.608. The van der Waals surface area contributed by atoms with Crippen molar-refractivity contribution in [3.05, 3.63) is 29.8 Å². The lowest BCUT2D eigenvalue weighted by atomic mass is 10.0. The molecule has 8 heteroatoms. The highest BCUT2D eigenvalue weighted by Gasteiger charge is 2.35. The molecule has 1 aliphatic rings. The minimum absolute atomic E-state index is 0.0290. The highest BCUT2D eigenvalue weighted by molar-refractivity contribution is 8.13. The highest BCUT2D eigenvalue weighted by atomic mass is 35.7. The van der Waals surface area contributed by atoms with E-state index in [9.17, 15) is 18.0 Å². The van der Waals surface area contributed by atoms with Gasteiger partial charge in [0.05, 0.1) is 17.1 Å². The molecular formula is C15H18ClNO5S. The maximum absolute atomic E-state index is 12.8. The Balaban J connectivity index is 2.37. The number of esters is 1. The Kier molecular flexibility index (Phi) is 5.64. The summed E-state index contributed by atoms with van der Waals surface area (Å²) in [5.41, 5.74) is -0.0290. The Labute approximate surface area is 139 Å². The number of carbonyl (C=O) groups is 2. The second-order valence-electron chi connectivity index (χ2n) is 5.20. The number of likely N-dealkylation sites (tertiary alicyclic amines) is 1. The molecule has 1 amide bonds. The van der Waals surface area contributed by atoms with Crippen molar-refractivity contribution < 1.29 is 22.7 Å². The van der Waals surface area contributed by atoms with E-state index < -0.39 is 27.0 Å². The Hall–Kier alpha value is -1.60. The third kappa shape index (κ3) is 4.03. The summed E-state index contributed by atoms with van der Waals surface area (Å²) in [6.45, 7) is 2.30. The fraction of sp³-hybridized carbons (Fsp3) is 0.467. The third-order valence-electron chi connectivity index (χ3n) is 3.70. The first-order valence-electron chi connectivity index (χ1n) is 7.37. The molecule has 0 saturated carbocycles. The molecule has 1 atom stereocenters. The van der Waals surface area contributed by atoms with E-state index in [1.54, 1.807) is 13.0 Å². The fourth-order valence-corrected chi connectivity index (χ4v) is 3.73. The summed E-state index contributed by atoms with van der Waals surface area (Å²) in [6.07, 6.45) is 2.06. The van der Waals surface area contributed by atoms with Crippen LogP contribution in [0.2, 0.25) is 0 Å². The highest BCUT2D eigenvalue weighted by Crippen LogP contribution is 2.25. The number of rotatable bonds is 4.